The van der Waals surface area contributed by atoms with Gasteiger partial charge in [0.05, 0.1) is 32.0 Å². The second kappa shape index (κ2) is 9.64. The fraction of sp³-hybridized carbons (Fsp3) is 0.375. The Labute approximate surface area is 181 Å². The lowest BCUT2D eigenvalue weighted by atomic mass is 10.1. The van der Waals surface area contributed by atoms with Crippen molar-refractivity contribution in [3.63, 3.8) is 0 Å². The molecule has 31 heavy (non-hydrogen) atoms. The van der Waals surface area contributed by atoms with Crippen molar-refractivity contribution in [3.8, 4) is 34.7 Å². The molecule has 2 aromatic carbocycles. The first-order chi connectivity index (χ1) is 14.8. The summed E-state index contributed by atoms with van der Waals surface area (Å²) in [5.74, 6) is 2.35. The molecule has 0 aliphatic carbocycles. The van der Waals surface area contributed by atoms with Crippen molar-refractivity contribution >= 4 is 11.0 Å². The van der Waals surface area contributed by atoms with Gasteiger partial charge in [-0.05, 0) is 58.9 Å². The van der Waals surface area contributed by atoms with Crippen LogP contribution in [0.25, 0.3) is 11.0 Å². The third-order valence-electron chi connectivity index (χ3n) is 4.14. The van der Waals surface area contributed by atoms with E-state index in [1.54, 1.807) is 30.3 Å². The Balaban J connectivity index is 2.04. The lowest BCUT2D eigenvalue weighted by molar-refractivity contribution is 0.224. The largest absolute Gasteiger partial charge is 0.491 e. The zero-order valence-electron chi connectivity index (χ0n) is 18.7. The third kappa shape index (κ3) is 5.23. The standard InChI is InChI=1S/C24H28O7/c1-7-27-24-22-18(25)12-21(30-17-10-8-16(9-11-17)28-14(2)3)31-19(22)13-20(23(24)26-6)29-15(4)5/h8-15H,7H2,1-6H3. The molecule has 0 spiro atoms. The first kappa shape index (κ1) is 22.3. The molecule has 1 aromatic heterocycles. The van der Waals surface area contributed by atoms with Gasteiger partial charge in [-0.3, -0.25) is 4.79 Å². The van der Waals surface area contributed by atoms with Crippen molar-refractivity contribution in [1.29, 1.82) is 0 Å². The van der Waals surface area contributed by atoms with E-state index in [1.807, 2.05) is 34.6 Å². The van der Waals surface area contributed by atoms with Crippen LogP contribution >= 0.6 is 0 Å². The van der Waals surface area contributed by atoms with Gasteiger partial charge in [0, 0.05) is 6.07 Å². The number of ether oxygens (including phenoxy) is 5. The normalized spacial score (nSPS) is 11.1. The summed E-state index contributed by atoms with van der Waals surface area (Å²) in [6, 6.07) is 9.97. The van der Waals surface area contributed by atoms with E-state index in [9.17, 15) is 4.79 Å². The minimum absolute atomic E-state index is 0.0538. The van der Waals surface area contributed by atoms with Crippen LogP contribution in [0.2, 0.25) is 0 Å². The Bertz CT molecular complexity index is 1080. The van der Waals surface area contributed by atoms with Crippen LogP contribution < -0.4 is 29.1 Å². The van der Waals surface area contributed by atoms with Crippen molar-refractivity contribution < 1.29 is 28.1 Å². The highest BCUT2D eigenvalue weighted by Crippen LogP contribution is 2.43. The van der Waals surface area contributed by atoms with E-state index in [2.05, 4.69) is 0 Å². The van der Waals surface area contributed by atoms with Gasteiger partial charge in [0.25, 0.3) is 5.95 Å². The summed E-state index contributed by atoms with van der Waals surface area (Å²) in [6.07, 6.45) is -0.0392. The molecular formula is C24H28O7. The van der Waals surface area contributed by atoms with Crippen molar-refractivity contribution in [2.45, 2.75) is 46.8 Å². The zero-order valence-corrected chi connectivity index (χ0v) is 18.7. The van der Waals surface area contributed by atoms with Crippen LogP contribution in [0.3, 0.4) is 0 Å². The molecule has 166 valence electrons. The average molecular weight is 428 g/mol. The van der Waals surface area contributed by atoms with Crippen LogP contribution in [-0.4, -0.2) is 25.9 Å². The maximum Gasteiger partial charge on any atom is 0.294 e. The third-order valence-corrected chi connectivity index (χ3v) is 4.14. The lowest BCUT2D eigenvalue weighted by Gasteiger charge is -2.18. The number of fused-ring (bicyclic) bond motifs is 1. The number of rotatable bonds is 9. The molecule has 0 saturated heterocycles. The molecule has 0 fully saturated rings. The minimum atomic E-state index is -0.311. The molecular weight excluding hydrogens is 400 g/mol. The highest BCUT2D eigenvalue weighted by molar-refractivity contribution is 5.89. The lowest BCUT2D eigenvalue weighted by Crippen LogP contribution is -2.10. The molecule has 0 amide bonds. The molecule has 0 atom stereocenters. The molecule has 0 N–H and O–H groups in total. The van der Waals surface area contributed by atoms with Crippen LogP contribution in [0.5, 0.6) is 34.7 Å². The quantitative estimate of drug-likeness (QED) is 0.441. The number of hydrogen-bond donors (Lipinski definition) is 0. The fourth-order valence-corrected chi connectivity index (χ4v) is 3.07. The van der Waals surface area contributed by atoms with Gasteiger partial charge < -0.3 is 28.1 Å². The van der Waals surface area contributed by atoms with Gasteiger partial charge in [-0.15, -0.1) is 0 Å². The Hall–Kier alpha value is -3.35. The van der Waals surface area contributed by atoms with Gasteiger partial charge in [-0.1, -0.05) is 0 Å². The SMILES string of the molecule is CCOc1c(OC)c(OC(C)C)cc2oc(Oc3ccc(OC(C)C)cc3)cc(=O)c12. The van der Waals surface area contributed by atoms with Crippen LogP contribution in [0, 0.1) is 0 Å². The monoisotopic (exact) mass is 428 g/mol. The topological polar surface area (TPSA) is 76.4 Å². The van der Waals surface area contributed by atoms with E-state index >= 15 is 0 Å². The van der Waals surface area contributed by atoms with E-state index in [1.165, 1.54) is 13.2 Å². The average Bonchev–Trinajstić information content (AvgIpc) is 2.68. The highest BCUT2D eigenvalue weighted by atomic mass is 16.6. The summed E-state index contributed by atoms with van der Waals surface area (Å²) >= 11 is 0. The Morgan fingerprint density at radius 2 is 1.55 bits per heavy atom. The van der Waals surface area contributed by atoms with Crippen molar-refractivity contribution in [1.82, 2.24) is 0 Å². The van der Waals surface area contributed by atoms with E-state index in [0.717, 1.165) is 5.75 Å². The van der Waals surface area contributed by atoms with Crippen LogP contribution in [-0.2, 0) is 0 Å². The Kier molecular flexibility index (Phi) is 6.95. The number of hydrogen-bond acceptors (Lipinski definition) is 7. The Morgan fingerprint density at radius 3 is 2.13 bits per heavy atom. The molecule has 0 bridgehead atoms. The summed E-state index contributed by atoms with van der Waals surface area (Å²) in [4.78, 5) is 12.9. The fourth-order valence-electron chi connectivity index (χ4n) is 3.07. The van der Waals surface area contributed by atoms with Crippen molar-refractivity contribution in [2.24, 2.45) is 0 Å². The molecule has 0 aliphatic rings. The summed E-state index contributed by atoms with van der Waals surface area (Å²) in [7, 11) is 1.50. The van der Waals surface area contributed by atoms with E-state index in [4.69, 9.17) is 28.1 Å². The van der Waals surface area contributed by atoms with Crippen molar-refractivity contribution in [3.05, 3.63) is 46.6 Å². The highest BCUT2D eigenvalue weighted by Gasteiger charge is 2.22. The van der Waals surface area contributed by atoms with Crippen LogP contribution in [0.1, 0.15) is 34.6 Å². The summed E-state index contributed by atoms with van der Waals surface area (Å²) in [6.45, 7) is 9.87. The predicted molar refractivity (Wildman–Crippen MR) is 118 cm³/mol. The summed E-state index contributed by atoms with van der Waals surface area (Å²) in [5.41, 5.74) is -0.0315. The van der Waals surface area contributed by atoms with Gasteiger partial charge in [0.1, 0.15) is 22.5 Å². The zero-order chi connectivity index (χ0) is 22.5. The molecule has 1 heterocycles. The maximum atomic E-state index is 12.9. The van der Waals surface area contributed by atoms with Crippen molar-refractivity contribution in [2.75, 3.05) is 13.7 Å². The van der Waals surface area contributed by atoms with E-state index < -0.39 is 0 Å². The predicted octanol–water partition coefficient (Wildman–Crippen LogP) is 5.57. The van der Waals surface area contributed by atoms with Gasteiger partial charge in [0.15, 0.2) is 11.5 Å². The number of benzene rings is 2. The molecule has 0 saturated carbocycles. The minimum Gasteiger partial charge on any atom is -0.491 e. The molecule has 0 unspecified atom stereocenters. The van der Waals surface area contributed by atoms with Gasteiger partial charge in [0.2, 0.25) is 11.2 Å². The van der Waals surface area contributed by atoms with Gasteiger partial charge in [-0.25, -0.2) is 0 Å². The molecule has 3 aromatic rings. The molecule has 7 nitrogen and oxygen atoms in total. The first-order valence-electron chi connectivity index (χ1n) is 10.2. The molecule has 7 heteroatoms. The Morgan fingerprint density at radius 1 is 0.903 bits per heavy atom. The second-order valence-corrected chi connectivity index (χ2v) is 7.38. The van der Waals surface area contributed by atoms with E-state index in [-0.39, 0.29) is 40.3 Å². The molecule has 0 radical (unpaired) electrons. The van der Waals surface area contributed by atoms with Gasteiger partial charge in [-0.2, -0.15) is 0 Å². The van der Waals surface area contributed by atoms with Crippen LogP contribution in [0.4, 0.5) is 0 Å². The maximum absolute atomic E-state index is 12.9. The smallest absolute Gasteiger partial charge is 0.294 e. The summed E-state index contributed by atoms with van der Waals surface area (Å²) < 4.78 is 34.3. The molecule has 3 rings (SSSR count). The van der Waals surface area contributed by atoms with Crippen LogP contribution in [0.15, 0.2) is 45.6 Å². The number of methoxy groups -OCH3 is 1. The molecule has 0 aliphatic heterocycles. The van der Waals surface area contributed by atoms with E-state index in [0.29, 0.717) is 23.9 Å². The van der Waals surface area contributed by atoms with Gasteiger partial charge >= 0.3 is 0 Å². The summed E-state index contributed by atoms with van der Waals surface area (Å²) in [5, 5.41) is 0.267. The first-order valence-corrected chi connectivity index (χ1v) is 10.2. The second-order valence-electron chi connectivity index (χ2n) is 7.38.